The van der Waals surface area contributed by atoms with E-state index in [1.165, 1.54) is 11.6 Å². The van der Waals surface area contributed by atoms with Gasteiger partial charge in [-0.3, -0.25) is 14.3 Å². The van der Waals surface area contributed by atoms with Gasteiger partial charge in [-0.05, 0) is 12.1 Å². The molecular formula is C13H16N4O3. The van der Waals surface area contributed by atoms with Crippen molar-refractivity contribution in [3.8, 4) is 5.75 Å². The molecule has 1 aromatic carbocycles. The van der Waals surface area contributed by atoms with Gasteiger partial charge in [0.25, 0.3) is 5.56 Å². The van der Waals surface area contributed by atoms with E-state index < -0.39 is 11.2 Å². The number of nitrogen functional groups attached to an aromatic ring is 1. The monoisotopic (exact) mass is 276 g/mol. The normalized spacial score (nSPS) is 10.2. The fourth-order valence-electron chi connectivity index (χ4n) is 1.67. The number of H-pyrrole nitrogens is 1. The van der Waals surface area contributed by atoms with Gasteiger partial charge in [0.1, 0.15) is 23.9 Å². The third kappa shape index (κ3) is 3.00. The van der Waals surface area contributed by atoms with E-state index in [1.807, 2.05) is 30.3 Å². The molecule has 0 spiro atoms. The molecule has 0 saturated carbocycles. The average Bonchev–Trinajstić information content (AvgIpc) is 2.45. The zero-order chi connectivity index (χ0) is 14.5. The summed E-state index contributed by atoms with van der Waals surface area (Å²) in [6.07, 6.45) is 0. The molecule has 0 aliphatic rings. The molecule has 0 aliphatic carbocycles. The third-order valence-electron chi connectivity index (χ3n) is 2.79. The van der Waals surface area contributed by atoms with Crippen LogP contribution in [0.15, 0.2) is 39.9 Å². The fourth-order valence-corrected chi connectivity index (χ4v) is 1.67. The predicted molar refractivity (Wildman–Crippen MR) is 77.1 cm³/mol. The van der Waals surface area contributed by atoms with Gasteiger partial charge in [-0.15, -0.1) is 0 Å². The van der Waals surface area contributed by atoms with E-state index in [0.29, 0.717) is 13.2 Å². The Kier molecular flexibility index (Phi) is 4.09. The molecule has 2 rings (SSSR count). The van der Waals surface area contributed by atoms with E-state index in [0.717, 1.165) is 5.75 Å². The van der Waals surface area contributed by atoms with E-state index in [-0.39, 0.29) is 11.5 Å². The van der Waals surface area contributed by atoms with Gasteiger partial charge in [0.2, 0.25) is 0 Å². The Labute approximate surface area is 115 Å². The first-order valence-electron chi connectivity index (χ1n) is 6.10. The van der Waals surface area contributed by atoms with Crippen molar-refractivity contribution in [3.63, 3.8) is 0 Å². The largest absolute Gasteiger partial charge is 0.492 e. The minimum atomic E-state index is -0.543. The van der Waals surface area contributed by atoms with Gasteiger partial charge in [-0.25, -0.2) is 4.79 Å². The summed E-state index contributed by atoms with van der Waals surface area (Å²) in [4.78, 5) is 25.1. The number of para-hydroxylation sites is 1. The number of rotatable bonds is 5. The zero-order valence-corrected chi connectivity index (χ0v) is 11.1. The van der Waals surface area contributed by atoms with Gasteiger partial charge in [0, 0.05) is 13.6 Å². The van der Waals surface area contributed by atoms with Crippen molar-refractivity contribution < 1.29 is 4.74 Å². The highest BCUT2D eigenvalue weighted by Crippen LogP contribution is 2.09. The predicted octanol–water partition coefficient (Wildman–Crippen LogP) is 0.147. The summed E-state index contributed by atoms with van der Waals surface area (Å²) in [6.45, 7) is 0.756. The smallest absolute Gasteiger partial charge is 0.329 e. The lowest BCUT2D eigenvalue weighted by molar-refractivity contribution is 0.333. The SMILES string of the molecule is Cn1c(N)c(NCCOc2ccccc2)c(=O)[nH]c1=O. The van der Waals surface area contributed by atoms with Crippen molar-refractivity contribution in [2.24, 2.45) is 7.05 Å². The molecule has 1 aromatic heterocycles. The van der Waals surface area contributed by atoms with Crippen LogP contribution in [-0.2, 0) is 7.05 Å². The summed E-state index contributed by atoms with van der Waals surface area (Å²) in [6, 6.07) is 9.33. The van der Waals surface area contributed by atoms with Gasteiger partial charge in [-0.2, -0.15) is 0 Å². The van der Waals surface area contributed by atoms with Crippen LogP contribution in [0.25, 0.3) is 0 Å². The van der Waals surface area contributed by atoms with E-state index in [1.54, 1.807) is 0 Å². The van der Waals surface area contributed by atoms with Crippen LogP contribution in [0.1, 0.15) is 0 Å². The highest BCUT2D eigenvalue weighted by atomic mass is 16.5. The number of ether oxygens (including phenoxy) is 1. The summed E-state index contributed by atoms with van der Waals surface area (Å²) >= 11 is 0. The Balaban J connectivity index is 1.97. The maximum atomic E-state index is 11.6. The number of aromatic nitrogens is 2. The third-order valence-corrected chi connectivity index (χ3v) is 2.79. The molecule has 0 aliphatic heterocycles. The number of anilines is 2. The second kappa shape index (κ2) is 5.96. The number of aromatic amines is 1. The molecule has 2 aromatic rings. The molecule has 0 unspecified atom stereocenters. The molecule has 7 heteroatoms. The van der Waals surface area contributed by atoms with E-state index in [4.69, 9.17) is 10.5 Å². The fraction of sp³-hybridized carbons (Fsp3) is 0.231. The van der Waals surface area contributed by atoms with E-state index in [2.05, 4.69) is 10.3 Å². The molecule has 0 bridgehead atoms. The summed E-state index contributed by atoms with van der Waals surface area (Å²) in [5.74, 6) is 0.843. The van der Waals surface area contributed by atoms with Crippen molar-refractivity contribution in [2.45, 2.75) is 0 Å². The number of hydrogen-bond acceptors (Lipinski definition) is 5. The van der Waals surface area contributed by atoms with Crippen LogP contribution < -0.4 is 27.0 Å². The summed E-state index contributed by atoms with van der Waals surface area (Å²) in [5, 5.41) is 2.87. The molecule has 0 fully saturated rings. The van der Waals surface area contributed by atoms with Gasteiger partial charge >= 0.3 is 5.69 Å². The molecule has 0 amide bonds. The topological polar surface area (TPSA) is 102 Å². The van der Waals surface area contributed by atoms with Gasteiger partial charge < -0.3 is 15.8 Å². The van der Waals surface area contributed by atoms with Crippen molar-refractivity contribution in [1.82, 2.24) is 9.55 Å². The summed E-state index contributed by atoms with van der Waals surface area (Å²) < 4.78 is 6.65. The van der Waals surface area contributed by atoms with Crippen molar-refractivity contribution in [1.29, 1.82) is 0 Å². The standard InChI is InChI=1S/C13H16N4O3/c1-17-11(14)10(12(18)16-13(17)19)15-7-8-20-9-5-3-2-4-6-9/h2-6,15H,7-8,14H2,1H3,(H,16,18,19). The summed E-state index contributed by atoms with van der Waals surface area (Å²) in [5.41, 5.74) is 4.81. The van der Waals surface area contributed by atoms with Gasteiger partial charge in [0.15, 0.2) is 0 Å². The number of benzene rings is 1. The average molecular weight is 276 g/mol. The van der Waals surface area contributed by atoms with Gasteiger partial charge in [0.05, 0.1) is 0 Å². The Morgan fingerprint density at radius 1 is 1.30 bits per heavy atom. The van der Waals surface area contributed by atoms with Crippen LogP contribution in [0.4, 0.5) is 11.5 Å². The van der Waals surface area contributed by atoms with Crippen LogP contribution in [0.2, 0.25) is 0 Å². The molecule has 20 heavy (non-hydrogen) atoms. The second-order valence-corrected chi connectivity index (χ2v) is 4.17. The Bertz CT molecular complexity index is 691. The van der Waals surface area contributed by atoms with Crippen LogP contribution in [0, 0.1) is 0 Å². The van der Waals surface area contributed by atoms with Gasteiger partial charge in [-0.1, -0.05) is 18.2 Å². The van der Waals surface area contributed by atoms with Crippen molar-refractivity contribution in [3.05, 3.63) is 51.2 Å². The highest BCUT2D eigenvalue weighted by Gasteiger charge is 2.08. The lowest BCUT2D eigenvalue weighted by Crippen LogP contribution is -2.33. The summed E-state index contributed by atoms with van der Waals surface area (Å²) in [7, 11) is 1.49. The number of nitrogens with one attached hydrogen (secondary N) is 2. The maximum absolute atomic E-state index is 11.6. The molecule has 7 nitrogen and oxygen atoms in total. The molecular weight excluding hydrogens is 260 g/mol. The van der Waals surface area contributed by atoms with Crippen molar-refractivity contribution >= 4 is 11.5 Å². The minimum absolute atomic E-state index is 0.0958. The Hall–Kier alpha value is -2.70. The Morgan fingerprint density at radius 2 is 2.00 bits per heavy atom. The number of nitrogens with zero attached hydrogens (tertiary/aromatic N) is 1. The molecule has 0 radical (unpaired) electrons. The number of hydrogen-bond donors (Lipinski definition) is 3. The quantitative estimate of drug-likeness (QED) is 0.674. The van der Waals surface area contributed by atoms with Crippen LogP contribution in [0.5, 0.6) is 5.75 Å². The first-order valence-corrected chi connectivity index (χ1v) is 6.10. The molecule has 4 N–H and O–H groups in total. The molecule has 1 heterocycles. The molecule has 0 saturated heterocycles. The minimum Gasteiger partial charge on any atom is -0.492 e. The zero-order valence-electron chi connectivity index (χ0n) is 11.1. The number of nitrogens with two attached hydrogens (primary N) is 1. The first kappa shape index (κ1) is 13.7. The van der Waals surface area contributed by atoms with Crippen molar-refractivity contribution in [2.75, 3.05) is 24.2 Å². The van der Waals surface area contributed by atoms with Crippen LogP contribution in [0.3, 0.4) is 0 Å². The van der Waals surface area contributed by atoms with Crippen LogP contribution >= 0.6 is 0 Å². The van der Waals surface area contributed by atoms with E-state index in [9.17, 15) is 9.59 Å². The lowest BCUT2D eigenvalue weighted by Gasteiger charge is -2.11. The maximum Gasteiger partial charge on any atom is 0.329 e. The van der Waals surface area contributed by atoms with Crippen LogP contribution in [-0.4, -0.2) is 22.7 Å². The Morgan fingerprint density at radius 3 is 2.70 bits per heavy atom. The first-order chi connectivity index (χ1) is 9.59. The second-order valence-electron chi connectivity index (χ2n) is 4.17. The molecule has 0 atom stereocenters. The highest BCUT2D eigenvalue weighted by molar-refractivity contribution is 5.60. The van der Waals surface area contributed by atoms with E-state index >= 15 is 0 Å². The lowest BCUT2D eigenvalue weighted by atomic mass is 10.3. The molecule has 106 valence electrons.